The van der Waals surface area contributed by atoms with Crippen molar-refractivity contribution in [1.29, 1.82) is 0 Å². The molecule has 0 saturated heterocycles. The molecule has 1 fully saturated rings. The molecular weight excluding hydrogens is 270 g/mol. The first kappa shape index (κ1) is 13.6. The second-order valence-corrected chi connectivity index (χ2v) is 6.36. The van der Waals surface area contributed by atoms with Gasteiger partial charge in [-0.15, -0.1) is 10.2 Å². The van der Waals surface area contributed by atoms with E-state index in [-0.39, 0.29) is 0 Å². The zero-order chi connectivity index (χ0) is 14.1. The maximum absolute atomic E-state index is 10.2. The minimum Gasteiger partial charge on any atom is -0.388 e. The van der Waals surface area contributed by atoms with E-state index in [2.05, 4.69) is 14.8 Å². The fraction of sp³-hybridized carbons (Fsp3) is 0.467. The Labute approximate surface area is 123 Å². The monoisotopic (exact) mass is 289 g/mol. The third-order valence-electron chi connectivity index (χ3n) is 3.58. The Bertz CT molecular complexity index is 590. The molecule has 20 heavy (non-hydrogen) atoms. The maximum Gasteiger partial charge on any atom is 0.191 e. The highest BCUT2D eigenvalue weighted by Gasteiger charge is 2.28. The fourth-order valence-corrected chi connectivity index (χ4v) is 3.26. The molecule has 0 amide bonds. The number of hydrogen-bond acceptors (Lipinski definition) is 4. The van der Waals surface area contributed by atoms with Crippen LogP contribution < -0.4 is 0 Å². The predicted molar refractivity (Wildman–Crippen MR) is 79.9 cm³/mol. The maximum atomic E-state index is 10.2. The molecule has 106 valence electrons. The van der Waals surface area contributed by atoms with Gasteiger partial charge in [0.15, 0.2) is 5.16 Å². The Hall–Kier alpha value is -1.33. The quantitative estimate of drug-likeness (QED) is 0.860. The van der Waals surface area contributed by atoms with Gasteiger partial charge >= 0.3 is 0 Å². The van der Waals surface area contributed by atoms with Gasteiger partial charge in [-0.1, -0.05) is 41.6 Å². The van der Waals surface area contributed by atoms with Crippen molar-refractivity contribution in [2.24, 2.45) is 0 Å². The highest BCUT2D eigenvalue weighted by atomic mass is 32.2. The van der Waals surface area contributed by atoms with Gasteiger partial charge in [0.05, 0.1) is 6.10 Å². The van der Waals surface area contributed by atoms with E-state index in [0.717, 1.165) is 16.5 Å². The van der Waals surface area contributed by atoms with Crippen LogP contribution in [0.4, 0.5) is 0 Å². The first-order chi connectivity index (χ1) is 9.65. The van der Waals surface area contributed by atoms with Crippen LogP contribution >= 0.6 is 11.8 Å². The molecule has 1 atom stereocenters. The summed E-state index contributed by atoms with van der Waals surface area (Å²) in [7, 11) is 0. The molecule has 4 nitrogen and oxygen atoms in total. The van der Waals surface area contributed by atoms with Crippen LogP contribution in [0.25, 0.3) is 0 Å². The lowest BCUT2D eigenvalue weighted by molar-refractivity contribution is 0.204. The van der Waals surface area contributed by atoms with Crippen LogP contribution in [-0.4, -0.2) is 25.6 Å². The Balaban J connectivity index is 1.66. The molecule has 5 heteroatoms. The van der Waals surface area contributed by atoms with E-state index < -0.39 is 6.10 Å². The SMILES string of the molecule is Cc1ccc(C(O)CSc2nnc(C)n2C2CC2)cc1. The lowest BCUT2D eigenvalue weighted by atomic mass is 10.1. The summed E-state index contributed by atoms with van der Waals surface area (Å²) in [6, 6.07) is 8.60. The second kappa shape index (κ2) is 5.58. The Morgan fingerprint density at radius 3 is 2.60 bits per heavy atom. The number of benzene rings is 1. The van der Waals surface area contributed by atoms with Crippen molar-refractivity contribution in [3.05, 3.63) is 41.2 Å². The summed E-state index contributed by atoms with van der Waals surface area (Å²) >= 11 is 1.58. The molecule has 0 radical (unpaired) electrons. The minimum absolute atomic E-state index is 0.467. The van der Waals surface area contributed by atoms with E-state index in [4.69, 9.17) is 0 Å². The first-order valence-corrected chi connectivity index (χ1v) is 7.92. The number of aromatic nitrogens is 3. The predicted octanol–water partition coefficient (Wildman–Crippen LogP) is 3.06. The molecule has 2 aromatic rings. The molecule has 0 bridgehead atoms. The number of nitrogens with zero attached hydrogens (tertiary/aromatic N) is 3. The van der Waals surface area contributed by atoms with Crippen LogP contribution in [0.5, 0.6) is 0 Å². The average molecular weight is 289 g/mol. The number of aliphatic hydroxyl groups is 1. The second-order valence-electron chi connectivity index (χ2n) is 5.37. The van der Waals surface area contributed by atoms with E-state index in [1.54, 1.807) is 11.8 Å². The third-order valence-corrected chi connectivity index (χ3v) is 4.60. The largest absolute Gasteiger partial charge is 0.388 e. The third kappa shape index (κ3) is 2.88. The summed E-state index contributed by atoms with van der Waals surface area (Å²) in [4.78, 5) is 0. The van der Waals surface area contributed by atoms with Crippen molar-refractivity contribution in [2.45, 2.75) is 44.0 Å². The van der Waals surface area contributed by atoms with Crippen molar-refractivity contribution < 1.29 is 5.11 Å². The highest BCUT2D eigenvalue weighted by Crippen LogP contribution is 2.39. The number of thioether (sulfide) groups is 1. The van der Waals surface area contributed by atoms with Crippen LogP contribution in [0.1, 0.15) is 41.9 Å². The molecule has 1 aliphatic carbocycles. The smallest absolute Gasteiger partial charge is 0.191 e. The molecule has 3 rings (SSSR count). The summed E-state index contributed by atoms with van der Waals surface area (Å²) in [5, 5.41) is 19.5. The van der Waals surface area contributed by atoms with Crippen LogP contribution in [-0.2, 0) is 0 Å². The number of aryl methyl sites for hydroxylation is 2. The summed E-state index contributed by atoms with van der Waals surface area (Å²) in [5.74, 6) is 1.58. The zero-order valence-electron chi connectivity index (χ0n) is 11.8. The molecule has 1 unspecified atom stereocenters. The van der Waals surface area contributed by atoms with Gasteiger partial charge in [-0.05, 0) is 32.3 Å². The van der Waals surface area contributed by atoms with Crippen molar-refractivity contribution in [1.82, 2.24) is 14.8 Å². The summed E-state index contributed by atoms with van der Waals surface area (Å²) in [6.45, 7) is 4.04. The molecule has 1 aromatic carbocycles. The summed E-state index contributed by atoms with van der Waals surface area (Å²) < 4.78 is 2.20. The minimum atomic E-state index is -0.467. The molecule has 0 spiro atoms. The molecule has 1 aromatic heterocycles. The lowest BCUT2D eigenvalue weighted by Gasteiger charge is -2.11. The number of rotatable bonds is 5. The van der Waals surface area contributed by atoms with E-state index in [9.17, 15) is 5.11 Å². The summed E-state index contributed by atoms with van der Waals surface area (Å²) in [6.07, 6.45) is 1.96. The van der Waals surface area contributed by atoms with Gasteiger partial charge < -0.3 is 9.67 Å². The topological polar surface area (TPSA) is 50.9 Å². The van der Waals surface area contributed by atoms with Crippen LogP contribution in [0.2, 0.25) is 0 Å². The van der Waals surface area contributed by atoms with Gasteiger partial charge in [-0.2, -0.15) is 0 Å². The lowest BCUT2D eigenvalue weighted by Crippen LogP contribution is -2.04. The highest BCUT2D eigenvalue weighted by molar-refractivity contribution is 7.99. The van der Waals surface area contributed by atoms with Gasteiger partial charge in [-0.25, -0.2) is 0 Å². The van der Waals surface area contributed by atoms with Crippen LogP contribution in [0.15, 0.2) is 29.4 Å². The van der Waals surface area contributed by atoms with Gasteiger partial charge in [0.2, 0.25) is 0 Å². The zero-order valence-corrected chi connectivity index (χ0v) is 12.6. The normalized spacial score (nSPS) is 16.4. The van der Waals surface area contributed by atoms with Crippen molar-refractivity contribution in [3.63, 3.8) is 0 Å². The van der Waals surface area contributed by atoms with Crippen LogP contribution in [0, 0.1) is 13.8 Å². The van der Waals surface area contributed by atoms with Gasteiger partial charge in [0.25, 0.3) is 0 Å². The molecular formula is C15H19N3OS. The van der Waals surface area contributed by atoms with Crippen LogP contribution in [0.3, 0.4) is 0 Å². The summed E-state index contributed by atoms with van der Waals surface area (Å²) in [5.41, 5.74) is 2.16. The van der Waals surface area contributed by atoms with Crippen molar-refractivity contribution >= 4 is 11.8 Å². The van der Waals surface area contributed by atoms with E-state index in [1.807, 2.05) is 38.1 Å². The number of hydrogen-bond donors (Lipinski definition) is 1. The molecule has 1 saturated carbocycles. The van der Waals surface area contributed by atoms with Crippen molar-refractivity contribution in [3.8, 4) is 0 Å². The Kier molecular flexibility index (Phi) is 3.81. The molecule has 1 heterocycles. The molecule has 1 N–H and O–H groups in total. The first-order valence-electron chi connectivity index (χ1n) is 6.94. The fourth-order valence-electron chi connectivity index (χ4n) is 2.24. The van der Waals surface area contributed by atoms with Crippen molar-refractivity contribution in [2.75, 3.05) is 5.75 Å². The van der Waals surface area contributed by atoms with Gasteiger partial charge in [0.1, 0.15) is 5.82 Å². The molecule has 1 aliphatic rings. The van der Waals surface area contributed by atoms with E-state index >= 15 is 0 Å². The van der Waals surface area contributed by atoms with E-state index in [0.29, 0.717) is 11.8 Å². The Morgan fingerprint density at radius 2 is 1.95 bits per heavy atom. The molecule has 0 aliphatic heterocycles. The Morgan fingerprint density at radius 1 is 1.25 bits per heavy atom. The van der Waals surface area contributed by atoms with E-state index in [1.165, 1.54) is 18.4 Å². The standard InChI is InChI=1S/C15H19N3OS/c1-10-3-5-12(6-4-10)14(19)9-20-15-17-16-11(2)18(15)13-7-8-13/h3-6,13-14,19H,7-9H2,1-2H3. The number of aliphatic hydroxyl groups excluding tert-OH is 1. The van der Waals surface area contributed by atoms with Gasteiger partial charge in [-0.3, -0.25) is 0 Å². The van der Waals surface area contributed by atoms with Gasteiger partial charge in [0, 0.05) is 11.8 Å². The average Bonchev–Trinajstić information content (AvgIpc) is 3.21.